The summed E-state index contributed by atoms with van der Waals surface area (Å²) in [6.07, 6.45) is 4.73. The van der Waals surface area contributed by atoms with Gasteiger partial charge in [0.25, 0.3) is 5.91 Å². The van der Waals surface area contributed by atoms with Gasteiger partial charge in [-0.05, 0) is 70.9 Å². The number of fused-ring (bicyclic) bond motifs is 1. The molecule has 3 amide bonds. The first kappa shape index (κ1) is 31.0. The third-order valence-electron chi connectivity index (χ3n) is 8.10. The van der Waals surface area contributed by atoms with Gasteiger partial charge in [-0.2, -0.15) is 0 Å². The maximum Gasteiger partial charge on any atom is 0.410 e. The number of aromatic nitrogens is 2. The molecule has 43 heavy (non-hydrogen) atoms. The average Bonchev–Trinajstić information content (AvgIpc) is 3.27. The van der Waals surface area contributed by atoms with E-state index in [-0.39, 0.29) is 42.5 Å². The lowest BCUT2D eigenvalue weighted by molar-refractivity contribution is -0.122. The van der Waals surface area contributed by atoms with Crippen LogP contribution in [0.2, 0.25) is 5.02 Å². The molecular formula is C31H41ClN6O5. The maximum atomic E-state index is 13.3. The number of nitrogens with zero attached hydrogens (tertiary/aromatic N) is 4. The van der Waals surface area contributed by atoms with Gasteiger partial charge in [0, 0.05) is 56.1 Å². The lowest BCUT2D eigenvalue weighted by Crippen LogP contribution is -2.50. The van der Waals surface area contributed by atoms with Crippen LogP contribution >= 0.6 is 11.6 Å². The third-order valence-corrected chi connectivity index (χ3v) is 8.38. The van der Waals surface area contributed by atoms with Crippen LogP contribution in [0.15, 0.2) is 24.4 Å². The van der Waals surface area contributed by atoms with Crippen LogP contribution in [0.3, 0.4) is 0 Å². The van der Waals surface area contributed by atoms with Crippen LogP contribution in [0.1, 0.15) is 69.3 Å². The van der Waals surface area contributed by atoms with Crippen molar-refractivity contribution in [3.05, 3.63) is 40.5 Å². The normalized spacial score (nSPS) is 20.0. The number of carbonyl (C=O) groups excluding carboxylic acids is 3. The first-order chi connectivity index (χ1) is 20.5. The van der Waals surface area contributed by atoms with Crippen LogP contribution < -0.4 is 10.6 Å². The summed E-state index contributed by atoms with van der Waals surface area (Å²) in [6.45, 7) is 10.4. The van der Waals surface area contributed by atoms with Crippen LogP contribution in [0.4, 0.5) is 10.7 Å². The van der Waals surface area contributed by atoms with Gasteiger partial charge in [-0.1, -0.05) is 23.7 Å². The fourth-order valence-electron chi connectivity index (χ4n) is 5.80. The number of halogens is 1. The highest BCUT2D eigenvalue weighted by Gasteiger charge is 2.33. The minimum Gasteiger partial charge on any atom is -0.444 e. The minimum absolute atomic E-state index is 0.0525. The molecule has 0 bridgehead atoms. The number of hydrogen-bond acceptors (Lipinski definition) is 8. The van der Waals surface area contributed by atoms with Crippen molar-refractivity contribution >= 4 is 35.5 Å². The number of nitrogens with one attached hydrogen (secondary N) is 2. The lowest BCUT2D eigenvalue weighted by atomic mass is 9.91. The maximum absolute atomic E-state index is 13.3. The molecule has 1 unspecified atom stereocenters. The summed E-state index contributed by atoms with van der Waals surface area (Å²) >= 11 is 6.48. The zero-order valence-corrected chi connectivity index (χ0v) is 26.1. The van der Waals surface area contributed by atoms with Crippen LogP contribution in [-0.2, 0) is 20.8 Å². The summed E-state index contributed by atoms with van der Waals surface area (Å²) in [5, 5.41) is 6.80. The first-order valence-electron chi connectivity index (χ1n) is 15.0. The zero-order valence-electron chi connectivity index (χ0n) is 25.3. The molecule has 2 aromatic rings. The van der Waals surface area contributed by atoms with Gasteiger partial charge in [0.15, 0.2) is 0 Å². The second-order valence-corrected chi connectivity index (χ2v) is 13.0. The van der Waals surface area contributed by atoms with Gasteiger partial charge in [0.05, 0.1) is 16.9 Å². The Kier molecular flexibility index (Phi) is 9.41. The molecule has 2 fully saturated rings. The van der Waals surface area contributed by atoms with Gasteiger partial charge >= 0.3 is 6.09 Å². The van der Waals surface area contributed by atoms with Crippen molar-refractivity contribution in [3.63, 3.8) is 0 Å². The molecule has 5 rings (SSSR count). The lowest BCUT2D eigenvalue weighted by Gasteiger charge is -2.36. The second kappa shape index (κ2) is 13.1. The van der Waals surface area contributed by atoms with E-state index >= 15 is 0 Å². The van der Waals surface area contributed by atoms with Crippen molar-refractivity contribution in [2.45, 2.75) is 77.6 Å². The quantitative estimate of drug-likeness (QED) is 0.468. The number of rotatable bonds is 7. The van der Waals surface area contributed by atoms with E-state index < -0.39 is 5.60 Å². The number of benzene rings is 1. The Balaban J connectivity index is 1.18. The SMILES string of the molecule is C[C@@H](NC(=O)CN1Cc2ccc(-c3nc(NC4CCOCC4)ncc3Cl)cc2C1=O)C1CCCN(C(=O)OC(C)(C)C)C1. The number of hydrogen-bond donors (Lipinski definition) is 2. The van der Waals surface area contributed by atoms with Crippen molar-refractivity contribution in [2.24, 2.45) is 5.92 Å². The molecule has 232 valence electrons. The molecule has 1 aromatic heterocycles. The van der Waals surface area contributed by atoms with E-state index in [1.807, 2.05) is 39.8 Å². The van der Waals surface area contributed by atoms with E-state index in [4.69, 9.17) is 21.1 Å². The molecule has 0 saturated carbocycles. The standard InChI is InChI=1S/C31H41ClN6O5/c1-19(21-6-5-11-37(16-21)30(41)43-31(2,3)4)34-26(39)18-38-17-22-8-7-20(14-24(22)28(38)40)27-25(32)15-33-29(36-27)35-23-9-12-42-13-10-23/h7-8,14-15,19,21,23H,5-6,9-13,16-18H2,1-4H3,(H,34,39)(H,33,35,36)/t19-,21?/m1/s1. The van der Waals surface area contributed by atoms with Crippen LogP contribution in [-0.4, -0.2) is 88.2 Å². The van der Waals surface area contributed by atoms with E-state index in [0.717, 1.165) is 31.2 Å². The molecule has 0 radical (unpaired) electrons. The summed E-state index contributed by atoms with van der Waals surface area (Å²) in [4.78, 5) is 51.2. The largest absolute Gasteiger partial charge is 0.444 e. The predicted octanol–water partition coefficient (Wildman–Crippen LogP) is 4.50. The monoisotopic (exact) mass is 612 g/mol. The summed E-state index contributed by atoms with van der Waals surface area (Å²) in [5.41, 5.74) is 2.07. The minimum atomic E-state index is -0.559. The molecule has 2 atom stereocenters. The van der Waals surface area contributed by atoms with Gasteiger partial charge in [0.1, 0.15) is 12.1 Å². The molecule has 1 aromatic carbocycles. The van der Waals surface area contributed by atoms with E-state index in [0.29, 0.717) is 60.6 Å². The number of amides is 3. The number of piperidine rings is 1. The Morgan fingerprint density at radius 2 is 1.98 bits per heavy atom. The van der Waals surface area contributed by atoms with E-state index in [1.165, 1.54) is 0 Å². The van der Waals surface area contributed by atoms with Crippen LogP contribution in [0, 0.1) is 5.92 Å². The highest BCUT2D eigenvalue weighted by Crippen LogP contribution is 2.32. The number of carbonyl (C=O) groups is 3. The van der Waals surface area contributed by atoms with E-state index in [1.54, 1.807) is 22.1 Å². The second-order valence-electron chi connectivity index (χ2n) is 12.6. The van der Waals surface area contributed by atoms with Crippen molar-refractivity contribution in [3.8, 4) is 11.3 Å². The van der Waals surface area contributed by atoms with E-state index in [2.05, 4.69) is 20.6 Å². The van der Waals surface area contributed by atoms with Gasteiger partial charge in [-0.15, -0.1) is 0 Å². The number of ether oxygens (including phenoxy) is 2. The van der Waals surface area contributed by atoms with Crippen LogP contribution in [0.25, 0.3) is 11.3 Å². The Hall–Kier alpha value is -3.44. The topological polar surface area (TPSA) is 126 Å². The highest BCUT2D eigenvalue weighted by atomic mass is 35.5. The van der Waals surface area contributed by atoms with Crippen molar-refractivity contribution in [2.75, 3.05) is 38.2 Å². The smallest absolute Gasteiger partial charge is 0.410 e. The average molecular weight is 613 g/mol. The molecule has 3 aliphatic rings. The Labute approximate surface area is 257 Å². The van der Waals surface area contributed by atoms with Crippen LogP contribution in [0.5, 0.6) is 0 Å². The summed E-state index contributed by atoms with van der Waals surface area (Å²) in [7, 11) is 0. The van der Waals surface area contributed by atoms with Crippen molar-refractivity contribution < 1.29 is 23.9 Å². The van der Waals surface area contributed by atoms with Gasteiger partial charge < -0.3 is 29.9 Å². The highest BCUT2D eigenvalue weighted by molar-refractivity contribution is 6.33. The van der Waals surface area contributed by atoms with Crippen molar-refractivity contribution in [1.29, 1.82) is 0 Å². The Morgan fingerprint density at radius 1 is 1.21 bits per heavy atom. The van der Waals surface area contributed by atoms with Crippen molar-refractivity contribution in [1.82, 2.24) is 25.1 Å². The Bertz CT molecular complexity index is 1360. The Morgan fingerprint density at radius 3 is 2.72 bits per heavy atom. The molecule has 2 saturated heterocycles. The third kappa shape index (κ3) is 7.75. The summed E-state index contributed by atoms with van der Waals surface area (Å²) in [5.74, 6) is 0.144. The fourth-order valence-corrected chi connectivity index (χ4v) is 6.00. The van der Waals surface area contributed by atoms with E-state index in [9.17, 15) is 14.4 Å². The molecule has 0 spiro atoms. The molecule has 4 heterocycles. The van der Waals surface area contributed by atoms with Gasteiger partial charge in [-0.25, -0.2) is 14.8 Å². The zero-order chi connectivity index (χ0) is 30.7. The molecule has 12 heteroatoms. The van der Waals surface area contributed by atoms with Gasteiger partial charge in [0.2, 0.25) is 11.9 Å². The number of anilines is 1. The molecule has 11 nitrogen and oxygen atoms in total. The van der Waals surface area contributed by atoms with Gasteiger partial charge in [-0.3, -0.25) is 9.59 Å². The molecule has 3 aliphatic heterocycles. The first-order valence-corrected chi connectivity index (χ1v) is 15.4. The molecule has 0 aliphatic carbocycles. The predicted molar refractivity (Wildman–Crippen MR) is 163 cm³/mol. The number of likely N-dealkylation sites (tertiary alicyclic amines) is 1. The summed E-state index contributed by atoms with van der Waals surface area (Å²) < 4.78 is 11.0. The molecule has 2 N–H and O–H groups in total. The fraction of sp³-hybridized carbons (Fsp3) is 0.581. The summed E-state index contributed by atoms with van der Waals surface area (Å²) in [6, 6.07) is 5.64. The molecular weight excluding hydrogens is 572 g/mol.